The second kappa shape index (κ2) is 7.37. The average Bonchev–Trinajstić information content (AvgIpc) is 2.24. The van der Waals surface area contributed by atoms with E-state index in [9.17, 15) is 0 Å². The Hall–Kier alpha value is -0.930. The number of rotatable bonds is 5. The van der Waals surface area contributed by atoms with E-state index in [4.69, 9.17) is 18.0 Å². The average molecular weight is 223 g/mol. The molecule has 0 aromatic heterocycles. The monoisotopic (exact) mass is 222 g/mol. The number of halogens is 1. The lowest BCUT2D eigenvalue weighted by Gasteiger charge is -2.14. The van der Waals surface area contributed by atoms with Gasteiger partial charge in [-0.2, -0.15) is 0 Å². The quantitative estimate of drug-likeness (QED) is 0.364. The second-order valence-corrected chi connectivity index (χ2v) is 4.09. The summed E-state index contributed by atoms with van der Waals surface area (Å²) in [6, 6.07) is 0. The minimum atomic E-state index is 0.122. The standard InChI is InChI=1S/C14H19Cl/c1-6-9-11(4)13(7-2)10-12(5)14(15)8-3/h2,6,8,10-11,13H,1,9H2,3-5H3/b12-10-,14-8+. The largest absolute Gasteiger partial charge is 0.119 e. The zero-order valence-electron chi connectivity index (χ0n) is 9.76. The molecule has 0 saturated carbocycles. The van der Waals surface area contributed by atoms with Gasteiger partial charge in [-0.3, -0.25) is 0 Å². The first-order valence-electron chi connectivity index (χ1n) is 5.14. The van der Waals surface area contributed by atoms with Crippen molar-refractivity contribution in [1.29, 1.82) is 0 Å². The first-order valence-corrected chi connectivity index (χ1v) is 5.52. The van der Waals surface area contributed by atoms with E-state index in [0.29, 0.717) is 5.92 Å². The van der Waals surface area contributed by atoms with E-state index < -0.39 is 0 Å². The molecule has 0 aliphatic carbocycles. The van der Waals surface area contributed by atoms with Crippen LogP contribution in [-0.4, -0.2) is 0 Å². The maximum Gasteiger partial charge on any atom is 0.0414 e. The molecule has 0 heterocycles. The molecule has 0 radical (unpaired) electrons. The molecule has 0 rings (SSSR count). The van der Waals surface area contributed by atoms with Gasteiger partial charge in [0.2, 0.25) is 0 Å². The third kappa shape index (κ3) is 4.91. The van der Waals surface area contributed by atoms with Crippen molar-refractivity contribution >= 4 is 11.6 Å². The van der Waals surface area contributed by atoms with Crippen LogP contribution in [0.25, 0.3) is 0 Å². The number of allylic oxidation sites excluding steroid dienone is 5. The fourth-order valence-electron chi connectivity index (χ4n) is 1.36. The maximum atomic E-state index is 6.00. The molecule has 0 bridgehead atoms. The maximum absolute atomic E-state index is 6.00. The third-order valence-corrected chi connectivity index (χ3v) is 2.92. The van der Waals surface area contributed by atoms with Crippen LogP contribution in [-0.2, 0) is 0 Å². The van der Waals surface area contributed by atoms with Gasteiger partial charge in [0.15, 0.2) is 0 Å². The topological polar surface area (TPSA) is 0 Å². The van der Waals surface area contributed by atoms with Gasteiger partial charge in [-0.1, -0.05) is 42.7 Å². The Morgan fingerprint density at radius 2 is 2.20 bits per heavy atom. The van der Waals surface area contributed by atoms with Gasteiger partial charge in [-0.05, 0) is 31.8 Å². The van der Waals surface area contributed by atoms with Gasteiger partial charge in [0.05, 0.1) is 0 Å². The van der Waals surface area contributed by atoms with Gasteiger partial charge in [0.25, 0.3) is 0 Å². The van der Waals surface area contributed by atoms with E-state index in [-0.39, 0.29) is 5.92 Å². The number of hydrogen-bond donors (Lipinski definition) is 0. The first kappa shape index (κ1) is 14.1. The summed E-state index contributed by atoms with van der Waals surface area (Å²) >= 11 is 6.00. The summed E-state index contributed by atoms with van der Waals surface area (Å²) in [7, 11) is 0. The van der Waals surface area contributed by atoms with Crippen LogP contribution in [0.3, 0.4) is 0 Å². The van der Waals surface area contributed by atoms with E-state index >= 15 is 0 Å². The molecule has 2 unspecified atom stereocenters. The van der Waals surface area contributed by atoms with E-state index in [1.54, 1.807) is 0 Å². The second-order valence-electron chi connectivity index (χ2n) is 3.68. The van der Waals surface area contributed by atoms with E-state index in [1.165, 1.54) is 0 Å². The van der Waals surface area contributed by atoms with Gasteiger partial charge in [-0.15, -0.1) is 13.0 Å². The zero-order chi connectivity index (χ0) is 11.8. The Balaban J connectivity index is 4.72. The van der Waals surface area contributed by atoms with Gasteiger partial charge in [0, 0.05) is 11.0 Å². The summed E-state index contributed by atoms with van der Waals surface area (Å²) in [5.74, 6) is 3.31. The van der Waals surface area contributed by atoms with Crippen molar-refractivity contribution in [2.24, 2.45) is 11.8 Å². The van der Waals surface area contributed by atoms with E-state index in [1.807, 2.05) is 26.0 Å². The predicted molar refractivity (Wildman–Crippen MR) is 69.7 cm³/mol. The molecular weight excluding hydrogens is 204 g/mol. The van der Waals surface area contributed by atoms with Crippen LogP contribution in [0.4, 0.5) is 0 Å². The summed E-state index contributed by atoms with van der Waals surface area (Å²) in [4.78, 5) is 0. The lowest BCUT2D eigenvalue weighted by Crippen LogP contribution is -2.06. The molecule has 15 heavy (non-hydrogen) atoms. The highest BCUT2D eigenvalue weighted by Gasteiger charge is 2.11. The van der Waals surface area contributed by atoms with Crippen LogP contribution in [0.5, 0.6) is 0 Å². The Bertz CT molecular complexity index is 302. The fraction of sp³-hybridized carbons (Fsp3) is 0.429. The van der Waals surface area contributed by atoms with Gasteiger partial charge in [0.1, 0.15) is 0 Å². The molecule has 0 saturated heterocycles. The van der Waals surface area contributed by atoms with Crippen LogP contribution in [0.15, 0.2) is 35.4 Å². The summed E-state index contributed by atoms with van der Waals surface area (Å²) in [5, 5.41) is 0.765. The molecule has 0 aliphatic rings. The van der Waals surface area contributed by atoms with Gasteiger partial charge in [-0.25, -0.2) is 0 Å². The highest BCUT2D eigenvalue weighted by molar-refractivity contribution is 6.31. The minimum Gasteiger partial charge on any atom is -0.119 e. The normalized spacial score (nSPS) is 16.7. The highest BCUT2D eigenvalue weighted by atomic mass is 35.5. The Morgan fingerprint density at radius 3 is 2.60 bits per heavy atom. The highest BCUT2D eigenvalue weighted by Crippen LogP contribution is 2.22. The predicted octanol–water partition coefficient (Wildman–Crippen LogP) is 4.54. The number of terminal acetylenes is 1. The molecule has 0 aliphatic heterocycles. The van der Waals surface area contributed by atoms with Crippen LogP contribution in [0, 0.1) is 24.2 Å². The van der Waals surface area contributed by atoms with Crippen molar-refractivity contribution in [3.63, 3.8) is 0 Å². The minimum absolute atomic E-state index is 0.122. The molecule has 0 nitrogen and oxygen atoms in total. The molecule has 2 atom stereocenters. The van der Waals surface area contributed by atoms with Crippen molar-refractivity contribution < 1.29 is 0 Å². The molecular formula is C14H19Cl. The smallest absolute Gasteiger partial charge is 0.0414 e. The van der Waals surface area contributed by atoms with Crippen molar-refractivity contribution in [2.75, 3.05) is 0 Å². The molecule has 0 aromatic rings. The van der Waals surface area contributed by atoms with E-state index in [2.05, 4.69) is 25.5 Å². The molecule has 0 aromatic carbocycles. The van der Waals surface area contributed by atoms with Gasteiger partial charge >= 0.3 is 0 Å². The SMILES string of the molecule is C#CC(/C=C(C)\C(Cl)=C/C)C(C)CC=C. The van der Waals surface area contributed by atoms with Crippen LogP contribution >= 0.6 is 11.6 Å². The van der Waals surface area contributed by atoms with Crippen LogP contribution in [0.1, 0.15) is 27.2 Å². The summed E-state index contributed by atoms with van der Waals surface area (Å²) < 4.78 is 0. The molecule has 0 amide bonds. The zero-order valence-corrected chi connectivity index (χ0v) is 10.5. The Kier molecular flexibility index (Phi) is 6.92. The molecule has 0 N–H and O–H groups in total. The lowest BCUT2D eigenvalue weighted by atomic mass is 9.90. The summed E-state index contributed by atoms with van der Waals surface area (Å²) in [6.45, 7) is 9.74. The lowest BCUT2D eigenvalue weighted by molar-refractivity contribution is 0.518. The van der Waals surface area contributed by atoms with Crippen molar-refractivity contribution in [2.45, 2.75) is 27.2 Å². The summed E-state index contributed by atoms with van der Waals surface area (Å²) in [6.07, 6.45) is 12.2. The Morgan fingerprint density at radius 1 is 1.60 bits per heavy atom. The molecule has 0 spiro atoms. The van der Waals surface area contributed by atoms with Crippen molar-refractivity contribution in [3.8, 4) is 12.3 Å². The van der Waals surface area contributed by atoms with Crippen molar-refractivity contribution in [3.05, 3.63) is 35.4 Å². The Labute approximate surface area is 98.7 Å². The van der Waals surface area contributed by atoms with E-state index in [0.717, 1.165) is 17.0 Å². The van der Waals surface area contributed by atoms with Crippen LogP contribution < -0.4 is 0 Å². The first-order chi connectivity index (χ1) is 7.06. The van der Waals surface area contributed by atoms with Crippen LogP contribution in [0.2, 0.25) is 0 Å². The third-order valence-electron chi connectivity index (χ3n) is 2.40. The van der Waals surface area contributed by atoms with Gasteiger partial charge < -0.3 is 0 Å². The fourth-order valence-corrected chi connectivity index (χ4v) is 1.43. The number of hydrogen-bond acceptors (Lipinski definition) is 0. The molecule has 1 heteroatoms. The molecule has 0 fully saturated rings. The summed E-state index contributed by atoms with van der Waals surface area (Å²) in [5.41, 5.74) is 1.04. The van der Waals surface area contributed by atoms with Crippen molar-refractivity contribution in [1.82, 2.24) is 0 Å². The molecule has 82 valence electrons.